The number of hydrazone groups is 1. The van der Waals surface area contributed by atoms with Gasteiger partial charge in [-0.25, -0.2) is 9.82 Å². The van der Waals surface area contributed by atoms with Crippen molar-refractivity contribution in [1.82, 2.24) is 9.99 Å². The van der Waals surface area contributed by atoms with Gasteiger partial charge in [-0.3, -0.25) is 4.79 Å². The van der Waals surface area contributed by atoms with Crippen LogP contribution in [0.1, 0.15) is 46.1 Å². The second kappa shape index (κ2) is 9.04. The zero-order valence-electron chi connectivity index (χ0n) is 17.1. The fraction of sp³-hybridized carbons (Fsp3) is 0.167. The number of fused-ring (bicyclic) bond motifs is 1. The Hall–Kier alpha value is -2.96. The quantitative estimate of drug-likeness (QED) is 0.265. The van der Waals surface area contributed by atoms with Gasteiger partial charge in [0.2, 0.25) is 0 Å². The lowest BCUT2D eigenvalue weighted by atomic mass is 10.1. The molecule has 0 saturated heterocycles. The molecule has 2 heterocycles. The van der Waals surface area contributed by atoms with Crippen molar-refractivity contribution in [3.05, 3.63) is 92.5 Å². The Kier molecular flexibility index (Phi) is 6.20. The van der Waals surface area contributed by atoms with Gasteiger partial charge in [0, 0.05) is 44.5 Å². The third kappa shape index (κ3) is 4.70. The highest BCUT2D eigenvalue weighted by atomic mass is 35.5. The first kappa shape index (κ1) is 21.3. The highest BCUT2D eigenvalue weighted by Crippen LogP contribution is 2.25. The van der Waals surface area contributed by atoms with Crippen LogP contribution < -0.4 is 5.43 Å². The molecule has 2 aromatic carbocycles. The maximum atomic E-state index is 13.4. The minimum atomic E-state index is -0.360. The van der Waals surface area contributed by atoms with Crippen molar-refractivity contribution < 1.29 is 9.18 Å². The SMILES string of the molecule is CC(C)c1cc(C(=O)N/N=C\c2cn(Cc3ccc(F)cc3Cl)c3ccccc23)cs1. The van der Waals surface area contributed by atoms with Gasteiger partial charge >= 0.3 is 0 Å². The van der Waals surface area contributed by atoms with E-state index in [4.69, 9.17) is 11.6 Å². The number of benzene rings is 2. The minimum Gasteiger partial charge on any atom is -0.342 e. The second-order valence-corrected chi connectivity index (χ2v) is 8.91. The number of nitrogens with one attached hydrogen (secondary N) is 1. The summed E-state index contributed by atoms with van der Waals surface area (Å²) < 4.78 is 15.4. The number of aromatic nitrogens is 1. The van der Waals surface area contributed by atoms with E-state index in [2.05, 4.69) is 24.4 Å². The lowest BCUT2D eigenvalue weighted by molar-refractivity contribution is 0.0955. The molecule has 1 N–H and O–H groups in total. The number of carbonyl (C=O) groups is 1. The Labute approximate surface area is 189 Å². The summed E-state index contributed by atoms with van der Waals surface area (Å²) in [6.07, 6.45) is 3.58. The van der Waals surface area contributed by atoms with Crippen LogP contribution in [0.3, 0.4) is 0 Å². The Bertz CT molecular complexity index is 1280. The zero-order chi connectivity index (χ0) is 22.0. The monoisotopic (exact) mass is 453 g/mol. The van der Waals surface area contributed by atoms with Gasteiger partial charge in [0.1, 0.15) is 5.82 Å². The summed E-state index contributed by atoms with van der Waals surface area (Å²) in [4.78, 5) is 13.5. The molecule has 4 aromatic rings. The first-order chi connectivity index (χ1) is 14.9. The fourth-order valence-corrected chi connectivity index (χ4v) is 4.47. The minimum absolute atomic E-state index is 0.235. The molecule has 0 fully saturated rings. The summed E-state index contributed by atoms with van der Waals surface area (Å²) in [6.45, 7) is 4.69. The Morgan fingerprint density at radius 3 is 2.81 bits per heavy atom. The molecule has 0 aliphatic carbocycles. The van der Waals surface area contributed by atoms with Gasteiger partial charge in [0.25, 0.3) is 5.91 Å². The average molecular weight is 454 g/mol. The lowest BCUT2D eigenvalue weighted by Gasteiger charge is -2.07. The van der Waals surface area contributed by atoms with Crippen molar-refractivity contribution in [2.75, 3.05) is 0 Å². The number of halogens is 2. The summed E-state index contributed by atoms with van der Waals surface area (Å²) in [7, 11) is 0. The molecule has 0 aliphatic rings. The Balaban J connectivity index is 1.55. The molecule has 0 aliphatic heterocycles. The van der Waals surface area contributed by atoms with Crippen molar-refractivity contribution in [2.45, 2.75) is 26.3 Å². The summed E-state index contributed by atoms with van der Waals surface area (Å²) in [5, 5.41) is 7.39. The van der Waals surface area contributed by atoms with Crippen LogP contribution in [0.5, 0.6) is 0 Å². The van der Waals surface area contributed by atoms with E-state index in [1.165, 1.54) is 12.1 Å². The van der Waals surface area contributed by atoms with E-state index < -0.39 is 0 Å². The van der Waals surface area contributed by atoms with Crippen LogP contribution in [-0.2, 0) is 6.54 Å². The number of thiophene rings is 1. The van der Waals surface area contributed by atoms with Gasteiger partial charge in [-0.15, -0.1) is 11.3 Å². The smallest absolute Gasteiger partial charge is 0.272 e. The number of amides is 1. The van der Waals surface area contributed by atoms with Crippen LogP contribution in [0.2, 0.25) is 5.02 Å². The fourth-order valence-electron chi connectivity index (χ4n) is 3.34. The molecule has 31 heavy (non-hydrogen) atoms. The van der Waals surface area contributed by atoms with Gasteiger partial charge < -0.3 is 4.57 Å². The molecule has 0 unspecified atom stereocenters. The van der Waals surface area contributed by atoms with Crippen molar-refractivity contribution >= 4 is 46.0 Å². The number of hydrogen-bond acceptors (Lipinski definition) is 3. The maximum absolute atomic E-state index is 13.4. The van der Waals surface area contributed by atoms with E-state index in [0.29, 0.717) is 23.0 Å². The molecular formula is C24H21ClFN3OS. The molecule has 1 amide bonds. The molecule has 7 heteroatoms. The Morgan fingerprint density at radius 2 is 2.06 bits per heavy atom. The van der Waals surface area contributed by atoms with Gasteiger partial charge in [0.05, 0.1) is 11.8 Å². The molecule has 4 rings (SSSR count). The van der Waals surface area contributed by atoms with Gasteiger partial charge in [0.15, 0.2) is 0 Å². The van der Waals surface area contributed by atoms with Gasteiger partial charge in [-0.1, -0.05) is 49.7 Å². The standard InChI is InChI=1S/C24H21ClFN3OS/c1-15(2)23-9-17(14-31-23)24(30)28-27-11-18-13-29(22-6-4-3-5-20(18)22)12-16-7-8-19(26)10-21(16)25/h3-11,13-15H,12H2,1-2H3,(H,28,30)/b27-11-. The molecule has 0 radical (unpaired) electrons. The van der Waals surface area contributed by atoms with Crippen LogP contribution in [0.25, 0.3) is 10.9 Å². The number of rotatable bonds is 6. The molecule has 158 valence electrons. The molecule has 0 spiro atoms. The third-order valence-electron chi connectivity index (χ3n) is 5.00. The van der Waals surface area contributed by atoms with Gasteiger partial charge in [-0.2, -0.15) is 5.10 Å². The zero-order valence-corrected chi connectivity index (χ0v) is 18.7. The molecule has 0 atom stereocenters. The van der Waals surface area contributed by atoms with Crippen LogP contribution in [0, 0.1) is 5.82 Å². The van der Waals surface area contributed by atoms with Crippen molar-refractivity contribution in [3.63, 3.8) is 0 Å². The second-order valence-electron chi connectivity index (χ2n) is 7.56. The Morgan fingerprint density at radius 1 is 1.26 bits per heavy atom. The molecular weight excluding hydrogens is 433 g/mol. The van der Waals surface area contributed by atoms with Crippen LogP contribution >= 0.6 is 22.9 Å². The summed E-state index contributed by atoms with van der Waals surface area (Å²) in [5.74, 6) is -0.210. The molecule has 0 bridgehead atoms. The predicted molar refractivity (Wildman–Crippen MR) is 126 cm³/mol. The molecule has 0 saturated carbocycles. The van der Waals surface area contributed by atoms with E-state index in [9.17, 15) is 9.18 Å². The van der Waals surface area contributed by atoms with E-state index >= 15 is 0 Å². The maximum Gasteiger partial charge on any atom is 0.272 e. The first-order valence-corrected chi connectivity index (χ1v) is 11.1. The number of carbonyl (C=O) groups excluding carboxylic acids is 1. The van der Waals surface area contributed by atoms with E-state index in [0.717, 1.165) is 26.9 Å². The predicted octanol–water partition coefficient (Wildman–Crippen LogP) is 6.43. The average Bonchev–Trinajstić information content (AvgIpc) is 3.36. The highest BCUT2D eigenvalue weighted by Gasteiger charge is 2.11. The van der Waals surface area contributed by atoms with E-state index in [1.54, 1.807) is 23.6 Å². The van der Waals surface area contributed by atoms with Crippen LogP contribution in [0.4, 0.5) is 4.39 Å². The largest absolute Gasteiger partial charge is 0.342 e. The number of nitrogens with zero attached hydrogens (tertiary/aromatic N) is 2. The van der Waals surface area contributed by atoms with Gasteiger partial charge in [-0.05, 0) is 35.7 Å². The third-order valence-corrected chi connectivity index (χ3v) is 6.58. The topological polar surface area (TPSA) is 46.4 Å². The number of hydrogen-bond donors (Lipinski definition) is 1. The lowest BCUT2D eigenvalue weighted by Crippen LogP contribution is -2.16. The van der Waals surface area contributed by atoms with Crippen molar-refractivity contribution in [3.8, 4) is 0 Å². The van der Waals surface area contributed by atoms with E-state index in [1.807, 2.05) is 46.5 Å². The molecule has 2 aromatic heterocycles. The summed E-state index contributed by atoms with van der Waals surface area (Å²) in [6, 6.07) is 14.2. The van der Waals surface area contributed by atoms with Crippen LogP contribution in [-0.4, -0.2) is 16.7 Å². The van der Waals surface area contributed by atoms with Crippen molar-refractivity contribution in [1.29, 1.82) is 0 Å². The van der Waals surface area contributed by atoms with E-state index in [-0.39, 0.29) is 11.7 Å². The highest BCUT2D eigenvalue weighted by molar-refractivity contribution is 7.10. The van der Waals surface area contributed by atoms with Crippen molar-refractivity contribution in [2.24, 2.45) is 5.10 Å². The number of para-hydroxylation sites is 1. The summed E-state index contributed by atoms with van der Waals surface area (Å²) in [5.41, 5.74) is 5.89. The summed E-state index contributed by atoms with van der Waals surface area (Å²) >= 11 is 7.78. The normalized spacial score (nSPS) is 11.6. The molecule has 4 nitrogen and oxygen atoms in total. The first-order valence-electron chi connectivity index (χ1n) is 9.86. The van der Waals surface area contributed by atoms with Crippen LogP contribution in [0.15, 0.2) is 65.2 Å².